The summed E-state index contributed by atoms with van der Waals surface area (Å²) in [5.74, 6) is 0.581. The van der Waals surface area contributed by atoms with Crippen LogP contribution in [-0.2, 0) is 0 Å². The number of para-hydroxylation sites is 1. The first-order valence-electron chi connectivity index (χ1n) is 10.3. The number of fused-ring (bicyclic) bond motifs is 2. The summed E-state index contributed by atoms with van der Waals surface area (Å²) >= 11 is 1.47. The summed E-state index contributed by atoms with van der Waals surface area (Å²) in [5, 5.41) is 14.7. The van der Waals surface area contributed by atoms with Gasteiger partial charge in [0.15, 0.2) is 5.82 Å². The van der Waals surface area contributed by atoms with Gasteiger partial charge in [-0.3, -0.25) is 10.1 Å². The number of nitrogens with zero attached hydrogens (tertiary/aromatic N) is 6. The predicted molar refractivity (Wildman–Crippen MR) is 128 cm³/mol. The molecule has 1 N–H and O–H groups in total. The lowest BCUT2D eigenvalue weighted by molar-refractivity contribution is 0.102. The largest absolute Gasteiger partial charge is 0.289 e. The number of carbonyl (C=O) groups is 1. The number of aromatic nitrogens is 6. The summed E-state index contributed by atoms with van der Waals surface area (Å²) in [6, 6.07) is 21.7. The van der Waals surface area contributed by atoms with Crippen LogP contribution in [-0.4, -0.2) is 35.3 Å². The van der Waals surface area contributed by atoms with Gasteiger partial charge in [-0.25, -0.2) is 14.2 Å². The zero-order valence-corrected chi connectivity index (χ0v) is 18.3. The minimum absolute atomic E-state index is 0.250. The summed E-state index contributed by atoms with van der Waals surface area (Å²) in [5.41, 5.74) is 3.95. The molecule has 0 radical (unpaired) electrons. The summed E-state index contributed by atoms with van der Waals surface area (Å²) < 4.78 is 3.40. The number of carbonyl (C=O) groups excluding carboxylic acids is 1. The Kier molecular flexibility index (Phi) is 4.48. The van der Waals surface area contributed by atoms with E-state index in [9.17, 15) is 4.79 Å². The van der Waals surface area contributed by atoms with Crippen molar-refractivity contribution in [1.29, 1.82) is 0 Å². The van der Waals surface area contributed by atoms with E-state index in [4.69, 9.17) is 0 Å². The van der Waals surface area contributed by atoms with E-state index >= 15 is 0 Å². The molecule has 0 aliphatic heterocycles. The van der Waals surface area contributed by atoms with Crippen LogP contribution < -0.4 is 5.32 Å². The van der Waals surface area contributed by atoms with E-state index in [0.29, 0.717) is 22.0 Å². The van der Waals surface area contributed by atoms with Crippen LogP contribution in [0.15, 0.2) is 78.3 Å². The van der Waals surface area contributed by atoms with Gasteiger partial charge in [0.2, 0.25) is 4.96 Å². The summed E-state index contributed by atoms with van der Waals surface area (Å²) in [6.45, 7) is 1.84. The average Bonchev–Trinajstić information content (AvgIpc) is 3.53. The van der Waals surface area contributed by atoms with E-state index in [-0.39, 0.29) is 11.9 Å². The predicted octanol–water partition coefficient (Wildman–Crippen LogP) is 4.75. The highest BCUT2D eigenvalue weighted by Crippen LogP contribution is 2.26. The Morgan fingerprint density at radius 1 is 0.970 bits per heavy atom. The molecule has 4 heterocycles. The van der Waals surface area contributed by atoms with Gasteiger partial charge >= 0.3 is 0 Å². The monoisotopic (exact) mass is 451 g/mol. The van der Waals surface area contributed by atoms with Crippen molar-refractivity contribution in [2.45, 2.75) is 6.92 Å². The van der Waals surface area contributed by atoms with E-state index < -0.39 is 0 Å². The third kappa shape index (κ3) is 3.35. The van der Waals surface area contributed by atoms with E-state index in [1.54, 1.807) is 9.20 Å². The van der Waals surface area contributed by atoms with Crippen LogP contribution in [0.3, 0.4) is 0 Å². The molecule has 2 aromatic carbocycles. The highest BCUT2D eigenvalue weighted by atomic mass is 32.1. The molecule has 0 bridgehead atoms. The minimum Gasteiger partial charge on any atom is -0.289 e. The lowest BCUT2D eigenvalue weighted by Gasteiger charge is -2.06. The molecule has 1 amide bonds. The van der Waals surface area contributed by atoms with Gasteiger partial charge < -0.3 is 0 Å². The Bertz CT molecular complexity index is 1630. The molecule has 4 aromatic heterocycles. The van der Waals surface area contributed by atoms with Crippen molar-refractivity contribution in [1.82, 2.24) is 29.4 Å². The van der Waals surface area contributed by atoms with Gasteiger partial charge in [0, 0.05) is 16.3 Å². The lowest BCUT2D eigenvalue weighted by atomic mass is 10.2. The highest BCUT2D eigenvalue weighted by molar-refractivity contribution is 7.15. The molecule has 0 aliphatic carbocycles. The van der Waals surface area contributed by atoms with Crippen molar-refractivity contribution in [2.75, 3.05) is 5.32 Å². The number of pyridine rings is 1. The molecular weight excluding hydrogens is 434 g/mol. The maximum Gasteiger partial charge on any atom is 0.261 e. The van der Waals surface area contributed by atoms with Crippen LogP contribution in [0.5, 0.6) is 0 Å². The van der Waals surface area contributed by atoms with Crippen molar-refractivity contribution in [3.8, 4) is 17.1 Å². The quantitative estimate of drug-likeness (QED) is 0.418. The van der Waals surface area contributed by atoms with Crippen molar-refractivity contribution < 1.29 is 4.79 Å². The highest BCUT2D eigenvalue weighted by Gasteiger charge is 2.19. The van der Waals surface area contributed by atoms with Crippen molar-refractivity contribution in [2.24, 2.45) is 0 Å². The second-order valence-electron chi connectivity index (χ2n) is 7.49. The number of hydrogen-bond donors (Lipinski definition) is 1. The SMILES string of the molecule is Cc1c(C(=O)Nc2nc3scc(-c4ccccc4)n3n2)cnn1-c1ccc2ccccc2n1. The van der Waals surface area contributed by atoms with Crippen LogP contribution in [0.4, 0.5) is 5.95 Å². The molecule has 0 atom stereocenters. The van der Waals surface area contributed by atoms with Gasteiger partial charge in [-0.2, -0.15) is 10.1 Å². The fraction of sp³-hybridized carbons (Fsp3) is 0.0417. The molecule has 9 heteroatoms. The molecule has 33 heavy (non-hydrogen) atoms. The first-order valence-corrected chi connectivity index (χ1v) is 11.2. The first-order chi connectivity index (χ1) is 16.2. The van der Waals surface area contributed by atoms with Gasteiger partial charge in [0.05, 0.1) is 28.7 Å². The topological polar surface area (TPSA) is 90.0 Å². The molecule has 0 spiro atoms. The maximum absolute atomic E-state index is 13.0. The smallest absolute Gasteiger partial charge is 0.261 e. The van der Waals surface area contributed by atoms with Crippen molar-refractivity contribution >= 4 is 39.1 Å². The normalized spacial score (nSPS) is 11.3. The number of benzene rings is 2. The summed E-state index contributed by atoms with van der Waals surface area (Å²) in [4.78, 5) is 22.8. The Labute approximate surface area is 192 Å². The van der Waals surface area contributed by atoms with E-state index in [1.165, 1.54) is 17.5 Å². The number of thiazole rings is 1. The number of rotatable bonds is 4. The molecule has 0 saturated carbocycles. The first kappa shape index (κ1) is 19.3. The standard InChI is InChI=1S/C24H17N7OS/c1-15-18(13-25-30(15)21-12-11-16-7-5-6-10-19(16)26-21)22(32)27-23-28-24-31(29-23)20(14-33-24)17-8-3-2-4-9-17/h2-14H,1H3,(H,27,29,32). The van der Waals surface area contributed by atoms with Crippen LogP contribution in [0.1, 0.15) is 16.1 Å². The van der Waals surface area contributed by atoms with Gasteiger partial charge in [0.25, 0.3) is 11.9 Å². The molecule has 0 fully saturated rings. The molecular formula is C24H17N7OS. The molecule has 8 nitrogen and oxygen atoms in total. The van der Waals surface area contributed by atoms with E-state index in [2.05, 4.69) is 25.5 Å². The van der Waals surface area contributed by atoms with Crippen LogP contribution >= 0.6 is 11.3 Å². The minimum atomic E-state index is -0.320. The molecule has 0 unspecified atom stereocenters. The second kappa shape index (κ2) is 7.64. The number of nitrogens with one attached hydrogen (secondary N) is 1. The van der Waals surface area contributed by atoms with E-state index in [1.807, 2.05) is 79.0 Å². The van der Waals surface area contributed by atoms with Crippen LogP contribution in [0, 0.1) is 6.92 Å². The Balaban J connectivity index is 1.28. The van der Waals surface area contributed by atoms with Gasteiger partial charge in [0.1, 0.15) is 0 Å². The summed E-state index contributed by atoms with van der Waals surface area (Å²) in [6.07, 6.45) is 1.54. The molecule has 0 aliphatic rings. The van der Waals surface area contributed by atoms with Crippen LogP contribution in [0.25, 0.3) is 32.9 Å². The number of anilines is 1. The van der Waals surface area contributed by atoms with Crippen molar-refractivity contribution in [3.05, 3.63) is 89.6 Å². The lowest BCUT2D eigenvalue weighted by Crippen LogP contribution is -2.14. The fourth-order valence-corrected chi connectivity index (χ4v) is 4.58. The van der Waals surface area contributed by atoms with Crippen LogP contribution in [0.2, 0.25) is 0 Å². The fourth-order valence-electron chi connectivity index (χ4n) is 3.75. The second-order valence-corrected chi connectivity index (χ2v) is 8.33. The zero-order valence-electron chi connectivity index (χ0n) is 17.5. The molecule has 6 rings (SSSR count). The Hall–Kier alpha value is -4.37. The average molecular weight is 452 g/mol. The molecule has 0 saturated heterocycles. The third-order valence-electron chi connectivity index (χ3n) is 5.43. The van der Waals surface area contributed by atoms with Gasteiger partial charge in [-0.15, -0.1) is 16.4 Å². The van der Waals surface area contributed by atoms with Gasteiger partial charge in [-0.1, -0.05) is 48.5 Å². The van der Waals surface area contributed by atoms with E-state index in [0.717, 1.165) is 22.2 Å². The Morgan fingerprint density at radius 2 is 1.79 bits per heavy atom. The third-order valence-corrected chi connectivity index (χ3v) is 6.25. The number of hydrogen-bond acceptors (Lipinski definition) is 6. The molecule has 160 valence electrons. The van der Waals surface area contributed by atoms with Crippen molar-refractivity contribution in [3.63, 3.8) is 0 Å². The summed E-state index contributed by atoms with van der Waals surface area (Å²) in [7, 11) is 0. The Morgan fingerprint density at radius 3 is 2.67 bits per heavy atom. The zero-order chi connectivity index (χ0) is 22.4. The maximum atomic E-state index is 13.0. The number of amides is 1. The van der Waals surface area contributed by atoms with Gasteiger partial charge in [-0.05, 0) is 25.1 Å². The molecule has 6 aromatic rings.